The van der Waals surface area contributed by atoms with Crippen LogP contribution in [-0.4, -0.2) is 8.80 Å². The molecule has 82 heavy (non-hydrogen) atoms. The van der Waals surface area contributed by atoms with Crippen LogP contribution in [0.1, 0.15) is 126 Å². The molecule has 17 rings (SSSR count). The third kappa shape index (κ3) is 7.29. The lowest BCUT2D eigenvalue weighted by Crippen LogP contribution is -2.11. The number of rotatable bonds is 10. The zero-order chi connectivity index (χ0) is 78.2. The van der Waals surface area contributed by atoms with Crippen LogP contribution in [0.4, 0.5) is 34.1 Å². The number of aromatic nitrogens is 2. The lowest BCUT2D eigenvalue weighted by Gasteiger charge is -2.29. The summed E-state index contributed by atoms with van der Waals surface area (Å²) in [5.74, 6) is 0.172. The molecule has 2 saturated carbocycles. The average Bonchev–Trinajstić information content (AvgIpc) is 1.37. The summed E-state index contributed by atoms with van der Waals surface area (Å²) < 4.78 is 263. The molecule has 2 fully saturated rings. The fraction of sp³-hybridized carbons (Fsp3) is 0.154. The summed E-state index contributed by atoms with van der Waals surface area (Å²) in [7, 11) is 0. The highest BCUT2D eigenvalue weighted by Gasteiger charge is 2.31. The van der Waals surface area contributed by atoms with Crippen molar-refractivity contribution in [2.75, 3.05) is 9.80 Å². The van der Waals surface area contributed by atoms with Crippen molar-refractivity contribution in [2.45, 2.75) is 76.0 Å². The van der Waals surface area contributed by atoms with Gasteiger partial charge in [0.15, 0.2) is 0 Å². The Labute approximate surface area is 517 Å². The molecule has 0 aliphatic heterocycles. The number of para-hydroxylation sites is 4. The molecule has 4 nitrogen and oxygen atoms in total. The van der Waals surface area contributed by atoms with E-state index in [9.17, 15) is 24.7 Å². The Morgan fingerprint density at radius 1 is 0.317 bits per heavy atom. The van der Waals surface area contributed by atoms with Gasteiger partial charge in [0.25, 0.3) is 0 Å². The topological polar surface area (TPSA) is 15.3 Å². The normalized spacial score (nSPS) is 19.5. The molecule has 0 radical (unpaired) electrons. The van der Waals surface area contributed by atoms with E-state index in [1.54, 1.807) is 24.3 Å². The zero-order valence-electron chi connectivity index (χ0n) is 71.9. The van der Waals surface area contributed by atoms with Crippen LogP contribution in [0.15, 0.2) is 242 Å². The van der Waals surface area contributed by atoms with E-state index in [0.717, 1.165) is 85.1 Å². The van der Waals surface area contributed by atoms with Gasteiger partial charge in [-0.2, -0.15) is 0 Å². The zero-order valence-corrected chi connectivity index (χ0v) is 43.9. The van der Waals surface area contributed by atoms with Crippen LogP contribution in [0.5, 0.6) is 0 Å². The van der Waals surface area contributed by atoms with E-state index in [1.807, 2.05) is 45.2 Å². The van der Waals surface area contributed by atoms with Crippen molar-refractivity contribution in [3.63, 3.8) is 0 Å². The minimum atomic E-state index is -0.855. The molecule has 0 saturated heterocycles. The molecule has 15 aromatic rings. The molecule has 0 atom stereocenters. The highest BCUT2D eigenvalue weighted by atomic mass is 15.2. The molecule has 2 aliphatic rings. The largest absolute Gasteiger partial charge is 0.309 e. The third-order valence-corrected chi connectivity index (χ3v) is 17.3. The molecule has 0 spiro atoms. The highest BCUT2D eigenvalue weighted by Crippen LogP contribution is 2.54. The summed E-state index contributed by atoms with van der Waals surface area (Å²) in [5, 5.41) is 4.35. The monoisotopic (exact) mass is 1080 g/mol. The maximum atomic E-state index is 9.96. The first-order chi connectivity index (χ1) is 52.3. The Hall–Kier alpha value is -9.38. The molecule has 394 valence electrons. The predicted molar refractivity (Wildman–Crippen MR) is 348 cm³/mol. The van der Waals surface area contributed by atoms with Gasteiger partial charge >= 0.3 is 0 Å². The van der Waals surface area contributed by atoms with Crippen LogP contribution in [0.2, 0.25) is 0 Å². The average molecular weight is 1080 g/mol. The van der Waals surface area contributed by atoms with Crippen LogP contribution >= 0.6 is 0 Å². The second kappa shape index (κ2) is 19.1. The van der Waals surface area contributed by atoms with Gasteiger partial charge in [0.1, 0.15) is 0 Å². The Morgan fingerprint density at radius 2 is 0.695 bits per heavy atom. The van der Waals surface area contributed by atoms with Crippen LogP contribution in [0.25, 0.3) is 98.4 Å². The van der Waals surface area contributed by atoms with E-state index >= 15 is 0 Å². The highest BCUT2D eigenvalue weighted by molar-refractivity contribution is 6.32. The number of hydrogen-bond acceptors (Lipinski definition) is 2. The molecular weight excluding hydrogens is 993 g/mol. The fourth-order valence-electron chi connectivity index (χ4n) is 13.8. The van der Waals surface area contributed by atoms with Crippen LogP contribution in [0.3, 0.4) is 0 Å². The lowest BCUT2D eigenvalue weighted by molar-refractivity contribution is 0.444. The Bertz CT molecular complexity index is 6120. The van der Waals surface area contributed by atoms with Crippen LogP contribution in [0, 0.1) is 0 Å². The molecule has 4 heterocycles. The summed E-state index contributed by atoms with van der Waals surface area (Å²) in [5.41, 5.74) is 0.531. The van der Waals surface area contributed by atoms with E-state index in [2.05, 4.69) is 12.1 Å². The van der Waals surface area contributed by atoms with E-state index in [1.165, 1.54) is 0 Å². The second-order valence-corrected chi connectivity index (χ2v) is 21.6. The van der Waals surface area contributed by atoms with E-state index < -0.39 is 214 Å². The summed E-state index contributed by atoms with van der Waals surface area (Å²) in [6.07, 6.45) is 9.31. The number of anilines is 6. The molecule has 0 N–H and O–H groups in total. The van der Waals surface area contributed by atoms with E-state index in [4.69, 9.17) is 13.7 Å². The van der Waals surface area contributed by atoms with Gasteiger partial charge in [0.2, 0.25) is 0 Å². The SMILES string of the molecule is [2H]c1c([2H])c([2H])c(-c2c([2H])c([2H])c([2H])c([2H])c2N(c2c([2H])c([2H])c([2H])c([2H])c2[2H])c2ccc3c4cc5c(cc4n4c6ccc(C7CCCCC7)cc6c2c34)c2ccc(N(c3c([2H])c([2H])c([2H])c([2H])c3[2H])c3c([2H])c([2H])c([2H])c([2H])c3-c3c([2H])c([2H])c([2H])c([2H])c3[2H])c3c4cc(C6CCCCC6)ccc4n5c23)c([2H])c1[2H]. The van der Waals surface area contributed by atoms with Gasteiger partial charge in [-0.25, -0.2) is 0 Å². The lowest BCUT2D eigenvalue weighted by atomic mass is 9.83. The maximum Gasteiger partial charge on any atom is 0.0645 e. The van der Waals surface area contributed by atoms with Crippen molar-refractivity contribution < 1.29 is 38.4 Å². The minimum Gasteiger partial charge on any atom is -0.309 e. The van der Waals surface area contributed by atoms with Gasteiger partial charge < -0.3 is 18.6 Å². The third-order valence-electron chi connectivity index (χ3n) is 17.3. The Kier molecular flexibility index (Phi) is 6.39. The summed E-state index contributed by atoms with van der Waals surface area (Å²) in [4.78, 5) is 2.29. The summed E-state index contributed by atoms with van der Waals surface area (Å²) in [6, 6.07) is -0.177. The van der Waals surface area contributed by atoms with Crippen molar-refractivity contribution in [1.29, 1.82) is 0 Å². The molecule has 4 heteroatoms. The van der Waals surface area contributed by atoms with E-state index in [0.29, 0.717) is 76.2 Å². The fourth-order valence-corrected chi connectivity index (χ4v) is 13.8. The van der Waals surface area contributed by atoms with Gasteiger partial charge in [0, 0.05) is 65.6 Å². The maximum absolute atomic E-state index is 9.96. The summed E-state index contributed by atoms with van der Waals surface area (Å²) >= 11 is 0. The van der Waals surface area contributed by atoms with Crippen molar-refractivity contribution in [2.24, 2.45) is 0 Å². The van der Waals surface area contributed by atoms with Gasteiger partial charge in [-0.3, -0.25) is 0 Å². The number of fused-ring (bicyclic) bond motifs is 12. The number of benzene rings is 11. The Balaban J connectivity index is 1.03. The quantitative estimate of drug-likeness (QED) is 0.136. The summed E-state index contributed by atoms with van der Waals surface area (Å²) in [6.45, 7) is 0. The van der Waals surface area contributed by atoms with Crippen molar-refractivity contribution in [3.05, 3.63) is 253 Å². The van der Waals surface area contributed by atoms with Gasteiger partial charge in [-0.15, -0.1) is 0 Å². The molecule has 0 amide bonds. The van der Waals surface area contributed by atoms with Gasteiger partial charge in [-0.1, -0.05) is 196 Å². The smallest absolute Gasteiger partial charge is 0.0645 e. The predicted octanol–water partition coefficient (Wildman–Crippen LogP) is 22.4. The van der Waals surface area contributed by atoms with Crippen molar-refractivity contribution in [3.8, 4) is 22.3 Å². The van der Waals surface area contributed by atoms with Crippen LogP contribution in [-0.2, 0) is 0 Å². The first-order valence-corrected chi connectivity index (χ1v) is 27.8. The molecule has 0 bridgehead atoms. The Morgan fingerprint density at radius 3 is 1.11 bits per heavy atom. The first kappa shape index (κ1) is 27.4. The number of hydrogen-bond donors (Lipinski definition) is 0. The molecule has 2 aliphatic carbocycles. The van der Waals surface area contributed by atoms with Crippen molar-refractivity contribution >= 4 is 110 Å². The van der Waals surface area contributed by atoms with Gasteiger partial charge in [-0.05, 0) is 145 Å². The molecule has 11 aromatic carbocycles. The van der Waals surface area contributed by atoms with Crippen molar-refractivity contribution in [1.82, 2.24) is 8.80 Å². The van der Waals surface area contributed by atoms with Gasteiger partial charge in [0.05, 0.1) is 94.2 Å². The molecule has 0 unspecified atom stereocenters. The molecular formula is C78H62N4. The second-order valence-electron chi connectivity index (χ2n) is 21.6. The first-order valence-electron chi connectivity index (χ1n) is 41.8. The van der Waals surface area contributed by atoms with E-state index in [-0.39, 0.29) is 23.2 Å². The minimum absolute atomic E-state index is 0.0252. The standard InChI is InChI=1S/C78H62N4/c1-7-23-51(24-8-1)55-39-43-69-65(47-55)75-71(79(57-31-15-5-16-32-57)67-37-21-19-35-59(67)53-27-11-3-12-28-53)45-41-61-63-50-74-64(49-73(63)81(69)77(61)75)62-42-46-72(76-66-48-56(52-25-9-2-10-26-52)40-44-70(66)82(74)78(62)76)80(58-33-17-6-18-34-58)68-38-22-20-36-60(68)54-29-13-4-14-30-54/h3-6,11-22,27-52H,1-2,7-10,23-26H2/i3D,4D,5D,6D,11D,12D,13D,14D,15D,16D,17D,18D,19D,20D,21D,22D,27D,28D,29D,30D,31D,32D,33D,34D,35D,36D,37D,38D. The number of nitrogens with zero attached hydrogens (tertiary/aromatic N) is 4. The van der Waals surface area contributed by atoms with Crippen LogP contribution < -0.4 is 9.80 Å². The molecule has 4 aromatic heterocycles.